The van der Waals surface area contributed by atoms with Crippen molar-refractivity contribution in [2.24, 2.45) is 0 Å². The second-order valence-corrected chi connectivity index (χ2v) is 4.70. The summed E-state index contributed by atoms with van der Waals surface area (Å²) in [4.78, 5) is 34.6. The lowest BCUT2D eigenvalue weighted by molar-refractivity contribution is -1.12. The second-order valence-electron chi connectivity index (χ2n) is 3.10. The van der Waals surface area contributed by atoms with Crippen molar-refractivity contribution in [2.75, 3.05) is 0 Å². The second kappa shape index (κ2) is 3.59. The average molecular weight is 254 g/mol. The van der Waals surface area contributed by atoms with E-state index in [-0.39, 0.29) is 0 Å². The summed E-state index contributed by atoms with van der Waals surface area (Å²) >= 11 is 0. The quantitative estimate of drug-likeness (QED) is 0.260. The van der Waals surface area contributed by atoms with Crippen molar-refractivity contribution in [2.45, 2.75) is 18.6 Å². The van der Waals surface area contributed by atoms with Crippen LogP contribution in [0.5, 0.6) is 0 Å². The third-order valence-corrected chi connectivity index (χ3v) is 2.98. The summed E-state index contributed by atoms with van der Waals surface area (Å²) in [5, 5.41) is 7.23. The number of imide groups is 1. The minimum Gasteiger partial charge on any atom is -0.285 e. The molecule has 0 bridgehead atoms. The minimum absolute atomic E-state index is 0.817. The molecular formula is C6H8NO8S+. The van der Waals surface area contributed by atoms with Gasteiger partial charge >= 0.3 is 17.8 Å². The van der Waals surface area contributed by atoms with Gasteiger partial charge in [-0.25, -0.2) is 19.2 Å². The lowest BCUT2D eigenvalue weighted by Gasteiger charge is -2.14. The van der Waals surface area contributed by atoms with E-state index in [4.69, 9.17) is 4.55 Å². The Morgan fingerprint density at radius 2 is 2.00 bits per heavy atom. The van der Waals surface area contributed by atoms with Crippen LogP contribution in [0.25, 0.3) is 0 Å². The van der Waals surface area contributed by atoms with Crippen molar-refractivity contribution < 1.29 is 42.2 Å². The summed E-state index contributed by atoms with van der Waals surface area (Å²) in [7, 11) is -4.83. The third-order valence-electron chi connectivity index (χ3n) is 1.89. The van der Waals surface area contributed by atoms with Crippen molar-refractivity contribution in [1.82, 2.24) is 0 Å². The molecule has 1 heterocycles. The first-order chi connectivity index (χ1) is 7.09. The molecule has 2 atom stereocenters. The highest BCUT2D eigenvalue weighted by Crippen LogP contribution is 2.25. The number of carbonyl (C=O) groups is 3. The molecule has 0 aromatic heterocycles. The van der Waals surface area contributed by atoms with Gasteiger partial charge in [0.15, 0.2) is 0 Å². The Kier molecular flexibility index (Phi) is 2.85. The van der Waals surface area contributed by atoms with Crippen LogP contribution in [0, 0.1) is 0 Å². The number of hydrogen-bond donors (Lipinski definition) is 2. The topological polar surface area (TPSA) is 135 Å². The van der Waals surface area contributed by atoms with E-state index >= 15 is 0 Å². The van der Waals surface area contributed by atoms with Crippen LogP contribution in [0.15, 0.2) is 0 Å². The molecule has 0 aliphatic carbocycles. The Morgan fingerprint density at radius 3 is 2.31 bits per heavy atom. The van der Waals surface area contributed by atoms with E-state index in [0.29, 0.717) is 0 Å². The van der Waals surface area contributed by atoms with E-state index in [0.717, 1.165) is 6.92 Å². The monoisotopic (exact) mass is 254 g/mol. The number of amides is 2. The summed E-state index contributed by atoms with van der Waals surface area (Å²) < 4.78 is 30.0. The van der Waals surface area contributed by atoms with Crippen LogP contribution in [0.3, 0.4) is 0 Å². The first-order valence-electron chi connectivity index (χ1n) is 3.95. The molecule has 2 N–H and O–H groups in total. The van der Waals surface area contributed by atoms with E-state index in [2.05, 4.69) is 4.84 Å². The Morgan fingerprint density at radius 1 is 1.50 bits per heavy atom. The van der Waals surface area contributed by atoms with Gasteiger partial charge in [-0.1, -0.05) is 0 Å². The third kappa shape index (κ3) is 1.95. The van der Waals surface area contributed by atoms with Crippen LogP contribution in [0.1, 0.15) is 13.3 Å². The molecule has 9 nitrogen and oxygen atoms in total. The van der Waals surface area contributed by atoms with Crippen LogP contribution in [0.2, 0.25) is 0 Å². The maximum Gasteiger partial charge on any atom is 0.417 e. The predicted molar refractivity (Wildman–Crippen MR) is 43.8 cm³/mol. The Hall–Kier alpha value is -1.36. The molecule has 16 heavy (non-hydrogen) atoms. The maximum absolute atomic E-state index is 11.3. The summed E-state index contributed by atoms with van der Waals surface area (Å²) in [6.07, 6.45) is -0.957. The number of nitrogens with zero attached hydrogens (tertiary/aromatic N) is 1. The fraction of sp³-hybridized carbons (Fsp3) is 0.500. The van der Waals surface area contributed by atoms with Gasteiger partial charge in [0.1, 0.15) is 11.2 Å². The van der Waals surface area contributed by atoms with E-state index in [1.807, 2.05) is 0 Å². The molecule has 1 saturated heterocycles. The SMILES string of the molecule is CC(=O)O[N+]1(O)C(=O)CC(S(=O)(=O)O)C1=O. The maximum atomic E-state index is 11.3. The first kappa shape index (κ1) is 12.7. The van der Waals surface area contributed by atoms with E-state index in [1.165, 1.54) is 0 Å². The van der Waals surface area contributed by atoms with Crippen molar-refractivity contribution >= 4 is 27.9 Å². The summed E-state index contributed by atoms with van der Waals surface area (Å²) in [6.45, 7) is 0.817. The summed E-state index contributed by atoms with van der Waals surface area (Å²) in [5.41, 5.74) is 0. The standard InChI is InChI=1S/C6H7NO8S/c1-3(8)15-7(11)5(9)2-4(6(7)10)16(12,13)14/h4,11H,2H2,1H3/p+1. The molecule has 90 valence electrons. The lowest BCUT2D eigenvalue weighted by Crippen LogP contribution is -2.52. The molecule has 1 rings (SSSR count). The van der Waals surface area contributed by atoms with Crippen LogP contribution in [-0.2, 0) is 29.3 Å². The highest BCUT2D eigenvalue weighted by atomic mass is 32.2. The largest absolute Gasteiger partial charge is 0.417 e. The zero-order chi connectivity index (χ0) is 12.7. The van der Waals surface area contributed by atoms with E-state index < -0.39 is 44.4 Å². The number of hydrogen-bond acceptors (Lipinski definition) is 7. The number of rotatable bonds is 2. The highest BCUT2D eigenvalue weighted by Gasteiger charge is 2.65. The van der Waals surface area contributed by atoms with Crippen molar-refractivity contribution in [3.05, 3.63) is 0 Å². The van der Waals surface area contributed by atoms with Gasteiger partial charge in [0.05, 0.1) is 0 Å². The molecule has 0 radical (unpaired) electrons. The van der Waals surface area contributed by atoms with Gasteiger partial charge in [0.25, 0.3) is 10.1 Å². The smallest absolute Gasteiger partial charge is 0.285 e. The molecule has 0 aromatic carbocycles. The van der Waals surface area contributed by atoms with Gasteiger partial charge in [0, 0.05) is 6.92 Å². The lowest BCUT2D eigenvalue weighted by atomic mass is 10.4. The van der Waals surface area contributed by atoms with E-state index in [9.17, 15) is 28.0 Å². The van der Waals surface area contributed by atoms with Crippen LogP contribution in [-0.4, -0.2) is 46.0 Å². The molecule has 0 aromatic rings. The molecule has 2 unspecified atom stereocenters. The van der Waals surface area contributed by atoms with E-state index in [1.54, 1.807) is 0 Å². The van der Waals surface area contributed by atoms with Gasteiger partial charge in [-0.3, -0.25) is 4.55 Å². The Bertz CT molecular complexity index is 467. The van der Waals surface area contributed by atoms with Crippen LogP contribution < -0.4 is 0 Å². The minimum atomic E-state index is -4.83. The molecule has 1 aliphatic heterocycles. The Labute approximate surface area is 89.5 Å². The predicted octanol–water partition coefficient (Wildman–Crippen LogP) is -1.62. The zero-order valence-electron chi connectivity index (χ0n) is 7.98. The van der Waals surface area contributed by atoms with Gasteiger partial charge < -0.3 is 0 Å². The fourth-order valence-electron chi connectivity index (χ4n) is 1.20. The van der Waals surface area contributed by atoms with Gasteiger partial charge in [-0.2, -0.15) is 13.6 Å². The highest BCUT2D eigenvalue weighted by molar-refractivity contribution is 7.87. The van der Waals surface area contributed by atoms with Crippen molar-refractivity contribution in [3.63, 3.8) is 0 Å². The number of hydroxylamine groups is 4. The molecule has 0 saturated carbocycles. The van der Waals surface area contributed by atoms with Crippen LogP contribution in [0.4, 0.5) is 0 Å². The molecule has 1 fully saturated rings. The molecule has 1 aliphatic rings. The van der Waals surface area contributed by atoms with Gasteiger partial charge in [-0.15, -0.1) is 0 Å². The fourth-order valence-corrected chi connectivity index (χ4v) is 1.95. The molecular weight excluding hydrogens is 246 g/mol. The zero-order valence-corrected chi connectivity index (χ0v) is 8.80. The van der Waals surface area contributed by atoms with Crippen molar-refractivity contribution in [3.8, 4) is 0 Å². The van der Waals surface area contributed by atoms with Crippen molar-refractivity contribution in [1.29, 1.82) is 0 Å². The normalized spacial score (nSPS) is 30.6. The first-order valence-corrected chi connectivity index (χ1v) is 5.45. The average Bonchev–Trinajstić information content (AvgIpc) is 2.27. The molecule has 0 spiro atoms. The number of quaternary nitrogens is 1. The van der Waals surface area contributed by atoms with Gasteiger partial charge in [0.2, 0.25) is 5.25 Å². The summed E-state index contributed by atoms with van der Waals surface area (Å²) in [5.74, 6) is -4.12. The van der Waals surface area contributed by atoms with Crippen LogP contribution >= 0.6 is 0 Å². The summed E-state index contributed by atoms with van der Waals surface area (Å²) in [6, 6.07) is 0. The molecule has 2 amide bonds. The molecule has 10 heteroatoms. The Balaban J connectivity index is 3.13. The van der Waals surface area contributed by atoms with Gasteiger partial charge in [-0.05, 0) is 0 Å². The number of carbonyl (C=O) groups excluding carboxylic acids is 3.